The van der Waals surface area contributed by atoms with Crippen LogP contribution in [0.1, 0.15) is 41.3 Å². The van der Waals surface area contributed by atoms with Gasteiger partial charge in [-0.3, -0.25) is 4.79 Å². The summed E-state index contributed by atoms with van der Waals surface area (Å²) < 4.78 is 10.8. The van der Waals surface area contributed by atoms with Crippen LogP contribution in [0.5, 0.6) is 11.5 Å². The summed E-state index contributed by atoms with van der Waals surface area (Å²) in [5, 5.41) is 3.27. The highest BCUT2D eigenvalue weighted by atomic mass is 16.5. The predicted octanol–water partition coefficient (Wildman–Crippen LogP) is 3.07. The van der Waals surface area contributed by atoms with Gasteiger partial charge in [0.05, 0.1) is 14.2 Å². The number of nitrogens with zero attached hydrogens (tertiary/aromatic N) is 3. The van der Waals surface area contributed by atoms with E-state index >= 15 is 0 Å². The van der Waals surface area contributed by atoms with Crippen LogP contribution in [0.2, 0.25) is 0 Å². The maximum Gasteiger partial charge on any atom is 0.272 e. The lowest BCUT2D eigenvalue weighted by atomic mass is 9.98. The molecule has 2 aromatic rings. The number of ether oxygens (including phenoxy) is 2. The van der Waals surface area contributed by atoms with Crippen molar-refractivity contribution in [2.24, 2.45) is 5.92 Å². The van der Waals surface area contributed by atoms with Crippen molar-refractivity contribution < 1.29 is 14.3 Å². The number of fused-ring (bicyclic) bond motifs is 1. The van der Waals surface area contributed by atoms with Crippen LogP contribution in [0.3, 0.4) is 0 Å². The average molecular weight is 384 g/mol. The number of carbonyl (C=O) groups is 1. The first-order valence-corrected chi connectivity index (χ1v) is 9.54. The Kier molecular flexibility index (Phi) is 6.02. The van der Waals surface area contributed by atoms with E-state index in [0.717, 1.165) is 18.5 Å². The number of rotatable bonds is 6. The Hall–Kier alpha value is -2.83. The van der Waals surface area contributed by atoms with Crippen LogP contribution in [-0.2, 0) is 13.0 Å². The topological polar surface area (TPSA) is 76.6 Å². The van der Waals surface area contributed by atoms with E-state index in [9.17, 15) is 4.79 Å². The van der Waals surface area contributed by atoms with E-state index < -0.39 is 0 Å². The molecule has 7 nitrogen and oxygen atoms in total. The summed E-state index contributed by atoms with van der Waals surface area (Å²) >= 11 is 0. The summed E-state index contributed by atoms with van der Waals surface area (Å²) in [5.74, 6) is 3.06. The summed E-state index contributed by atoms with van der Waals surface area (Å²) in [7, 11) is 3.25. The van der Waals surface area contributed by atoms with E-state index in [4.69, 9.17) is 9.47 Å². The van der Waals surface area contributed by atoms with Crippen molar-refractivity contribution in [2.75, 3.05) is 32.6 Å². The lowest BCUT2D eigenvalue weighted by molar-refractivity contribution is 0.0728. The number of aryl methyl sites for hydroxylation is 1. The van der Waals surface area contributed by atoms with Crippen LogP contribution in [-0.4, -0.2) is 48.1 Å². The highest BCUT2D eigenvalue weighted by molar-refractivity contribution is 5.93. The number of aromatic nitrogens is 2. The minimum absolute atomic E-state index is 0.0847. The molecule has 1 amide bonds. The standard InChI is InChI=1S/C21H28N4O3/c1-13(2)11-22-20-10-17(23-14(3)24-20)21(26)25-7-6-15-8-18(27-4)19(28-5)9-16(15)12-25/h8-10,13H,6-7,11-12H2,1-5H3,(H,22,23,24). The van der Waals surface area contributed by atoms with E-state index in [1.165, 1.54) is 5.56 Å². The number of benzene rings is 1. The van der Waals surface area contributed by atoms with E-state index in [2.05, 4.69) is 29.1 Å². The van der Waals surface area contributed by atoms with Crippen LogP contribution in [0.25, 0.3) is 0 Å². The number of hydrogen-bond acceptors (Lipinski definition) is 6. The highest BCUT2D eigenvalue weighted by Gasteiger charge is 2.25. The van der Waals surface area contributed by atoms with E-state index in [-0.39, 0.29) is 5.91 Å². The van der Waals surface area contributed by atoms with E-state index in [0.29, 0.717) is 47.8 Å². The fraction of sp³-hybridized carbons (Fsp3) is 0.476. The quantitative estimate of drug-likeness (QED) is 0.825. The molecule has 1 N–H and O–H groups in total. The first kappa shape index (κ1) is 19.9. The predicted molar refractivity (Wildman–Crippen MR) is 108 cm³/mol. The van der Waals surface area contributed by atoms with Crippen LogP contribution >= 0.6 is 0 Å². The molecule has 0 unspecified atom stereocenters. The van der Waals surface area contributed by atoms with Gasteiger partial charge in [-0.1, -0.05) is 13.8 Å². The number of methoxy groups -OCH3 is 2. The molecule has 7 heteroatoms. The number of anilines is 1. The fourth-order valence-corrected chi connectivity index (χ4v) is 3.30. The van der Waals surface area contributed by atoms with E-state index in [1.807, 2.05) is 17.0 Å². The Labute approximate surface area is 166 Å². The molecule has 2 heterocycles. The number of nitrogens with one attached hydrogen (secondary N) is 1. The van der Waals surface area contributed by atoms with Gasteiger partial charge in [0.25, 0.3) is 5.91 Å². The molecule has 0 saturated heterocycles. The van der Waals surface area contributed by atoms with Crippen molar-refractivity contribution in [1.82, 2.24) is 14.9 Å². The highest BCUT2D eigenvalue weighted by Crippen LogP contribution is 2.33. The molecule has 150 valence electrons. The number of carbonyl (C=O) groups excluding carboxylic acids is 1. The maximum atomic E-state index is 13.1. The molecule has 0 atom stereocenters. The largest absolute Gasteiger partial charge is 0.493 e. The molecular weight excluding hydrogens is 356 g/mol. The molecule has 0 fully saturated rings. The lowest BCUT2D eigenvalue weighted by Gasteiger charge is -2.29. The molecule has 1 aliphatic rings. The molecule has 1 aromatic carbocycles. The van der Waals surface area contributed by atoms with Crippen molar-refractivity contribution in [1.29, 1.82) is 0 Å². The average Bonchev–Trinajstić information content (AvgIpc) is 2.69. The minimum Gasteiger partial charge on any atom is -0.493 e. The maximum absolute atomic E-state index is 13.1. The summed E-state index contributed by atoms with van der Waals surface area (Å²) in [6.45, 7) is 8.01. The van der Waals surface area contributed by atoms with Crippen LogP contribution in [0.4, 0.5) is 5.82 Å². The zero-order valence-electron chi connectivity index (χ0n) is 17.2. The smallest absolute Gasteiger partial charge is 0.272 e. The third-order valence-corrected chi connectivity index (χ3v) is 4.75. The lowest BCUT2D eigenvalue weighted by Crippen LogP contribution is -2.36. The monoisotopic (exact) mass is 384 g/mol. The summed E-state index contributed by atoms with van der Waals surface area (Å²) in [6, 6.07) is 5.69. The van der Waals surface area contributed by atoms with Gasteiger partial charge in [-0.25, -0.2) is 9.97 Å². The SMILES string of the molecule is COc1cc2c(cc1OC)CN(C(=O)c1cc(NCC(C)C)nc(C)n1)CC2. The first-order chi connectivity index (χ1) is 13.4. The van der Waals surface area contributed by atoms with Crippen LogP contribution in [0, 0.1) is 12.8 Å². The number of hydrogen-bond donors (Lipinski definition) is 1. The first-order valence-electron chi connectivity index (χ1n) is 9.54. The van der Waals surface area contributed by atoms with Crippen molar-refractivity contribution in [2.45, 2.75) is 33.7 Å². The Bertz CT molecular complexity index is 867. The summed E-state index contributed by atoms with van der Waals surface area (Å²) in [6.07, 6.45) is 0.768. The third-order valence-electron chi connectivity index (χ3n) is 4.75. The molecule has 0 radical (unpaired) electrons. The molecule has 0 saturated carbocycles. The molecule has 0 bridgehead atoms. The Morgan fingerprint density at radius 3 is 2.46 bits per heavy atom. The Morgan fingerprint density at radius 2 is 1.82 bits per heavy atom. The Balaban J connectivity index is 1.81. The normalized spacial score (nSPS) is 13.3. The molecule has 1 aliphatic heterocycles. The second-order valence-electron chi connectivity index (χ2n) is 7.41. The summed E-state index contributed by atoms with van der Waals surface area (Å²) in [4.78, 5) is 23.7. The van der Waals surface area contributed by atoms with Crippen LogP contribution < -0.4 is 14.8 Å². The van der Waals surface area contributed by atoms with Crippen molar-refractivity contribution in [3.63, 3.8) is 0 Å². The zero-order chi connectivity index (χ0) is 20.3. The molecular formula is C21H28N4O3. The second-order valence-corrected chi connectivity index (χ2v) is 7.41. The van der Waals surface area contributed by atoms with Crippen molar-refractivity contribution >= 4 is 11.7 Å². The van der Waals surface area contributed by atoms with Crippen molar-refractivity contribution in [3.8, 4) is 11.5 Å². The van der Waals surface area contributed by atoms with Gasteiger partial charge < -0.3 is 19.7 Å². The van der Waals surface area contributed by atoms with Gasteiger partial charge in [-0.15, -0.1) is 0 Å². The molecule has 3 rings (SSSR count). The van der Waals surface area contributed by atoms with Gasteiger partial charge in [0.15, 0.2) is 11.5 Å². The fourth-order valence-electron chi connectivity index (χ4n) is 3.30. The van der Waals surface area contributed by atoms with E-state index in [1.54, 1.807) is 27.2 Å². The van der Waals surface area contributed by atoms with Crippen LogP contribution in [0.15, 0.2) is 18.2 Å². The van der Waals surface area contributed by atoms with Gasteiger partial charge in [-0.05, 0) is 42.5 Å². The third kappa shape index (κ3) is 4.35. The molecule has 28 heavy (non-hydrogen) atoms. The Morgan fingerprint density at radius 1 is 1.14 bits per heavy atom. The van der Waals surface area contributed by atoms with Gasteiger partial charge in [0, 0.05) is 25.7 Å². The number of amides is 1. The second kappa shape index (κ2) is 8.46. The van der Waals surface area contributed by atoms with Gasteiger partial charge in [0.2, 0.25) is 0 Å². The molecule has 1 aromatic heterocycles. The van der Waals surface area contributed by atoms with Gasteiger partial charge in [0.1, 0.15) is 17.3 Å². The van der Waals surface area contributed by atoms with Gasteiger partial charge >= 0.3 is 0 Å². The zero-order valence-corrected chi connectivity index (χ0v) is 17.2. The molecule has 0 spiro atoms. The summed E-state index contributed by atoms with van der Waals surface area (Å²) in [5.41, 5.74) is 2.67. The van der Waals surface area contributed by atoms with Crippen molar-refractivity contribution in [3.05, 3.63) is 40.8 Å². The molecule has 0 aliphatic carbocycles. The minimum atomic E-state index is -0.0847. The van der Waals surface area contributed by atoms with Gasteiger partial charge in [-0.2, -0.15) is 0 Å².